The van der Waals surface area contributed by atoms with Crippen LogP contribution < -0.4 is 3.71 Å². The summed E-state index contributed by atoms with van der Waals surface area (Å²) in [6, 6.07) is 18.0. The number of aromatic nitrogens is 8. The number of amides is 4. The number of nitrogens with one attached hydrogen (secondary N) is 2. The van der Waals surface area contributed by atoms with Crippen LogP contribution in [0.15, 0.2) is 127 Å². The van der Waals surface area contributed by atoms with Gasteiger partial charge in [0.25, 0.3) is 35.2 Å². The number of piperazine rings is 2. The van der Waals surface area contributed by atoms with Crippen LogP contribution in [0.5, 0.6) is 0 Å². The van der Waals surface area contributed by atoms with Gasteiger partial charge in [0.1, 0.15) is 16.0 Å². The SMILES string of the molecule is CCC[CH2][Sn]([CH2]CCC)([CH2]CCC)[c]1cnccn1.O=C(C(=O)N1CCN(C(=O)c2ccccc2)CC1)c1c[nH]c2c(-c3cnccn3)ncc(Cl)c12.O=C(C(=O)N1CCN(C(=O)c2ccccc2)CC1)c1c[nH]c2c(Br)ncc(Cl)c12. The summed E-state index contributed by atoms with van der Waals surface area (Å²) in [6.45, 7) is 9.51. The van der Waals surface area contributed by atoms with Crippen molar-refractivity contribution in [1.29, 1.82) is 0 Å². The molecule has 10 rings (SSSR count). The minimum absolute atomic E-state index is 0.0789. The molecule has 18 nitrogen and oxygen atoms in total. The Bertz CT molecular complexity index is 3470. The molecule has 22 heteroatoms. The zero-order valence-electron chi connectivity index (χ0n) is 46.1. The third-order valence-corrected chi connectivity index (χ3v) is 31.1. The zero-order chi connectivity index (χ0) is 58.2. The van der Waals surface area contributed by atoms with Crippen molar-refractivity contribution in [2.75, 3.05) is 52.4 Å². The van der Waals surface area contributed by atoms with Crippen LogP contribution in [0.25, 0.3) is 33.2 Å². The molecular weight excluding hydrogens is 1250 g/mol. The monoisotopic (exact) mass is 1320 g/mol. The molecule has 0 bridgehead atoms. The average Bonchev–Trinajstić information content (AvgIpc) is 4.41. The number of halogens is 3. The number of rotatable bonds is 17. The number of hydrogen-bond acceptors (Lipinski definition) is 12. The Kier molecular flexibility index (Phi) is 21.9. The molecule has 6 aromatic heterocycles. The zero-order valence-corrected chi connectivity index (χ0v) is 52.1. The van der Waals surface area contributed by atoms with E-state index in [2.05, 4.69) is 77.8 Å². The van der Waals surface area contributed by atoms with Crippen molar-refractivity contribution in [2.45, 2.75) is 72.6 Å². The largest absolute Gasteiger partial charge is 0.359 e. The van der Waals surface area contributed by atoms with Gasteiger partial charge in [-0.1, -0.05) is 59.6 Å². The van der Waals surface area contributed by atoms with Crippen molar-refractivity contribution in [3.63, 3.8) is 0 Å². The number of Topliss-reactive ketones (excluding diaryl/α,β-unsaturated/α-hetero) is 2. The van der Waals surface area contributed by atoms with E-state index in [0.717, 1.165) is 0 Å². The maximum Gasteiger partial charge on any atom is 0.295 e. The van der Waals surface area contributed by atoms with Gasteiger partial charge in [0.2, 0.25) is 0 Å². The van der Waals surface area contributed by atoms with Crippen molar-refractivity contribution >= 4 is 118 Å². The first-order valence-corrected chi connectivity index (χ1v) is 36.7. The van der Waals surface area contributed by atoms with Gasteiger partial charge in [0.05, 0.1) is 38.4 Å². The van der Waals surface area contributed by atoms with Gasteiger partial charge >= 0.3 is 123 Å². The number of benzene rings is 2. The fraction of sp³-hybridized carbons (Fsp3) is 0.333. The van der Waals surface area contributed by atoms with Gasteiger partial charge in [-0.05, 0) is 40.2 Å². The fourth-order valence-electron chi connectivity index (χ4n) is 10.3. The second kappa shape index (κ2) is 29.3. The van der Waals surface area contributed by atoms with E-state index in [4.69, 9.17) is 28.2 Å². The molecule has 0 radical (unpaired) electrons. The molecule has 0 aliphatic carbocycles. The summed E-state index contributed by atoms with van der Waals surface area (Å²) in [4.78, 5) is 115. The molecule has 2 saturated heterocycles. The summed E-state index contributed by atoms with van der Waals surface area (Å²) in [7, 11) is 0. The average molecular weight is 1320 g/mol. The van der Waals surface area contributed by atoms with E-state index in [-0.39, 0.29) is 41.1 Å². The topological polar surface area (TPSA) is 224 Å². The number of H-pyrrole nitrogens is 2. The number of hydrogen-bond donors (Lipinski definition) is 2. The molecule has 0 saturated carbocycles. The molecule has 2 aromatic carbocycles. The summed E-state index contributed by atoms with van der Waals surface area (Å²) in [5, 5.41) is 1.41. The summed E-state index contributed by atoms with van der Waals surface area (Å²) >= 11 is 13.6. The minimum Gasteiger partial charge on any atom is -0.359 e. The van der Waals surface area contributed by atoms with Crippen molar-refractivity contribution in [1.82, 2.24) is 59.5 Å². The van der Waals surface area contributed by atoms with Crippen molar-refractivity contribution in [3.05, 3.63) is 160 Å². The van der Waals surface area contributed by atoms with Gasteiger partial charge in [0, 0.05) is 111 Å². The van der Waals surface area contributed by atoms with Gasteiger partial charge in [-0.2, -0.15) is 0 Å². The predicted octanol–water partition coefficient (Wildman–Crippen LogP) is 10.5. The first-order chi connectivity index (χ1) is 39.8. The van der Waals surface area contributed by atoms with Crippen LogP contribution in [-0.2, 0) is 9.59 Å². The van der Waals surface area contributed by atoms with E-state index >= 15 is 0 Å². The number of unbranched alkanes of at least 4 members (excludes halogenated alkanes) is 3. The number of nitrogens with zero attached hydrogens (tertiary/aromatic N) is 10. The molecule has 0 spiro atoms. The van der Waals surface area contributed by atoms with Crippen LogP contribution in [0.1, 0.15) is 101 Å². The van der Waals surface area contributed by atoms with Gasteiger partial charge in [0.15, 0.2) is 0 Å². The van der Waals surface area contributed by atoms with E-state index < -0.39 is 41.8 Å². The normalized spacial score (nSPS) is 13.5. The van der Waals surface area contributed by atoms with E-state index in [0.29, 0.717) is 93.2 Å². The fourth-order valence-corrected chi connectivity index (χ4v) is 26.4. The number of fused-ring (bicyclic) bond motifs is 2. The van der Waals surface area contributed by atoms with Crippen LogP contribution in [0.3, 0.4) is 0 Å². The molecule has 0 atom stereocenters. The molecule has 426 valence electrons. The first-order valence-electron chi connectivity index (χ1n) is 27.7. The quantitative estimate of drug-likeness (QED) is 0.0376. The van der Waals surface area contributed by atoms with Crippen molar-refractivity contribution < 1.29 is 28.8 Å². The van der Waals surface area contributed by atoms with Crippen LogP contribution in [0, 0.1) is 0 Å². The van der Waals surface area contributed by atoms with Crippen LogP contribution >= 0.6 is 39.1 Å². The summed E-state index contributed by atoms with van der Waals surface area (Å²) in [5.41, 5.74) is 3.63. The van der Waals surface area contributed by atoms with Crippen molar-refractivity contribution in [2.24, 2.45) is 0 Å². The molecule has 2 N–H and O–H groups in total. The Labute approximate surface area is 498 Å². The van der Waals surface area contributed by atoms with E-state index in [9.17, 15) is 28.8 Å². The molecular formula is C60H65BrCl2N12O6Sn. The Balaban J connectivity index is 0.000000168. The van der Waals surface area contributed by atoms with Gasteiger partial charge < -0.3 is 29.6 Å². The Morgan fingerprint density at radius 2 is 0.951 bits per heavy atom. The summed E-state index contributed by atoms with van der Waals surface area (Å²) in [6.07, 6.45) is 24.4. The molecule has 82 heavy (non-hydrogen) atoms. The Morgan fingerprint density at radius 3 is 1.39 bits per heavy atom. The van der Waals surface area contributed by atoms with E-state index in [1.165, 1.54) is 96.3 Å². The maximum absolute atomic E-state index is 13.2. The van der Waals surface area contributed by atoms with Gasteiger partial charge in [-0.3, -0.25) is 43.7 Å². The first kappa shape index (κ1) is 61.1. The van der Waals surface area contributed by atoms with Gasteiger partial charge in [-0.15, -0.1) is 0 Å². The van der Waals surface area contributed by atoms with Crippen LogP contribution in [0.2, 0.25) is 23.4 Å². The van der Waals surface area contributed by atoms with E-state index in [1.54, 1.807) is 46.5 Å². The summed E-state index contributed by atoms with van der Waals surface area (Å²) < 4.78 is 6.38. The number of pyridine rings is 2. The molecule has 0 unspecified atom stereocenters. The number of ketones is 2. The second-order valence-electron chi connectivity index (χ2n) is 20.1. The standard InChI is InChI=1S/C24H19ClN6O3.C20H16BrClN4O3.C4H3N2.3C4H9.Sn/c25-17-13-29-20(18-14-26-6-7-27-18)21-19(17)16(12-28-21)22(32)24(34)31-10-8-30(9-11-31)23(33)15-4-2-1-3-5-15;21-18-16-15(14(22)11-24-18)13(10-23-16)17(27)20(29)26-8-6-25(7-9-26)19(28)12-4-2-1-3-5-12;1-2-6-4-3-5-1;3*1-3-4-2;/h1-7,12-14,28H,8-11H2;1-5,10-11,23H,6-9H2;1-3H;3*1,3-4H2,2H3;. The molecule has 2 fully saturated rings. The number of carbonyl (C=O) groups is 6. The van der Waals surface area contributed by atoms with Crippen LogP contribution in [0.4, 0.5) is 0 Å². The van der Waals surface area contributed by atoms with E-state index in [1.807, 2.05) is 48.8 Å². The van der Waals surface area contributed by atoms with Crippen molar-refractivity contribution in [3.8, 4) is 11.4 Å². The minimum atomic E-state index is -2.27. The molecule has 4 amide bonds. The predicted molar refractivity (Wildman–Crippen MR) is 324 cm³/mol. The third-order valence-electron chi connectivity index (χ3n) is 14.8. The Hall–Kier alpha value is -6.94. The number of carbonyl (C=O) groups excluding carboxylic acids is 6. The number of aromatic amines is 2. The molecule has 2 aliphatic heterocycles. The Morgan fingerprint density at radius 1 is 0.524 bits per heavy atom. The maximum atomic E-state index is 13.2. The molecule has 8 aromatic rings. The van der Waals surface area contributed by atoms with Gasteiger partial charge in [-0.25, -0.2) is 4.98 Å². The molecule has 8 heterocycles. The second-order valence-corrected chi connectivity index (χ2v) is 34.7. The van der Waals surface area contributed by atoms with Crippen LogP contribution in [-0.4, -0.2) is 165 Å². The summed E-state index contributed by atoms with van der Waals surface area (Å²) in [5.74, 6) is -2.73. The third kappa shape index (κ3) is 14.4. The smallest absolute Gasteiger partial charge is 0.295 e. The molecule has 2 aliphatic rings.